The van der Waals surface area contributed by atoms with Gasteiger partial charge in [0.1, 0.15) is 0 Å². The second-order valence-electron chi connectivity index (χ2n) is 5.82. The topological polar surface area (TPSA) is 46.3 Å². The lowest BCUT2D eigenvalue weighted by Crippen LogP contribution is -2.42. The fraction of sp³-hybridized carbons (Fsp3) is 0.562. The molecule has 3 nitrogen and oxygen atoms in total. The number of nitrogen functional groups attached to an aromatic ring is 1. The molecule has 112 valence electrons. The van der Waals surface area contributed by atoms with Crippen LogP contribution < -0.4 is 5.73 Å². The number of rotatable bonds is 2. The van der Waals surface area contributed by atoms with E-state index in [1.165, 1.54) is 19.3 Å². The van der Waals surface area contributed by atoms with Crippen LogP contribution in [0.15, 0.2) is 18.2 Å². The van der Waals surface area contributed by atoms with E-state index in [1.807, 2.05) is 31.0 Å². The number of anilines is 1. The lowest BCUT2D eigenvalue weighted by atomic mass is 9.85. The van der Waals surface area contributed by atoms with Crippen molar-refractivity contribution in [2.24, 2.45) is 5.92 Å². The van der Waals surface area contributed by atoms with Crippen molar-refractivity contribution in [3.05, 3.63) is 29.3 Å². The highest BCUT2D eigenvalue weighted by Gasteiger charge is 2.28. The Bertz CT molecular complexity index is 476. The van der Waals surface area contributed by atoms with Crippen molar-refractivity contribution in [2.45, 2.75) is 45.6 Å². The molecule has 0 spiro atoms. The molecule has 0 heterocycles. The second-order valence-corrected chi connectivity index (χ2v) is 5.82. The van der Waals surface area contributed by atoms with Gasteiger partial charge in [0, 0.05) is 24.3 Å². The number of nitrogens with zero attached hydrogens (tertiary/aromatic N) is 1. The SMILES string of the molecule is Cc1ccc(N)cc1C(=O)N(C)C1CCCCC1C.Cl. The minimum atomic E-state index is 0. The van der Waals surface area contributed by atoms with E-state index in [0.717, 1.165) is 17.5 Å². The largest absolute Gasteiger partial charge is 0.399 e. The third-order valence-electron chi connectivity index (χ3n) is 4.38. The molecular formula is C16H25ClN2O. The number of benzene rings is 1. The summed E-state index contributed by atoms with van der Waals surface area (Å²) in [5.41, 5.74) is 8.18. The van der Waals surface area contributed by atoms with Crippen molar-refractivity contribution in [1.82, 2.24) is 4.90 Å². The van der Waals surface area contributed by atoms with Gasteiger partial charge in [0.2, 0.25) is 0 Å². The molecule has 1 aliphatic rings. The summed E-state index contributed by atoms with van der Waals surface area (Å²) in [6.07, 6.45) is 4.85. The van der Waals surface area contributed by atoms with Crippen molar-refractivity contribution < 1.29 is 4.79 Å². The van der Waals surface area contributed by atoms with Crippen molar-refractivity contribution in [3.8, 4) is 0 Å². The Morgan fingerprint density at radius 1 is 1.30 bits per heavy atom. The van der Waals surface area contributed by atoms with E-state index < -0.39 is 0 Å². The van der Waals surface area contributed by atoms with Gasteiger partial charge in [-0.25, -0.2) is 0 Å². The number of hydrogen-bond donors (Lipinski definition) is 1. The lowest BCUT2D eigenvalue weighted by Gasteiger charge is -2.36. The van der Waals surface area contributed by atoms with Crippen LogP contribution in [0.5, 0.6) is 0 Å². The number of halogens is 1. The molecule has 4 heteroatoms. The van der Waals surface area contributed by atoms with Crippen molar-refractivity contribution in [1.29, 1.82) is 0 Å². The van der Waals surface area contributed by atoms with E-state index in [-0.39, 0.29) is 18.3 Å². The Morgan fingerprint density at radius 3 is 2.60 bits per heavy atom. The van der Waals surface area contributed by atoms with Gasteiger partial charge < -0.3 is 10.6 Å². The van der Waals surface area contributed by atoms with Gasteiger partial charge in [-0.3, -0.25) is 4.79 Å². The third-order valence-corrected chi connectivity index (χ3v) is 4.38. The van der Waals surface area contributed by atoms with Gasteiger partial charge >= 0.3 is 0 Å². The minimum absolute atomic E-state index is 0. The summed E-state index contributed by atoms with van der Waals surface area (Å²) in [5, 5.41) is 0. The van der Waals surface area contributed by atoms with E-state index in [1.54, 1.807) is 6.07 Å². The van der Waals surface area contributed by atoms with Crippen molar-refractivity contribution in [2.75, 3.05) is 12.8 Å². The molecular weight excluding hydrogens is 272 g/mol. The van der Waals surface area contributed by atoms with Crippen LogP contribution in [0.4, 0.5) is 5.69 Å². The first-order valence-corrected chi connectivity index (χ1v) is 7.14. The zero-order valence-corrected chi connectivity index (χ0v) is 13.4. The van der Waals surface area contributed by atoms with E-state index >= 15 is 0 Å². The summed E-state index contributed by atoms with van der Waals surface area (Å²) < 4.78 is 0. The Morgan fingerprint density at radius 2 is 1.95 bits per heavy atom. The number of amides is 1. The molecule has 1 fully saturated rings. The summed E-state index contributed by atoms with van der Waals surface area (Å²) >= 11 is 0. The predicted octanol–water partition coefficient (Wildman–Crippen LogP) is 3.65. The molecule has 20 heavy (non-hydrogen) atoms. The van der Waals surface area contributed by atoms with Crippen LogP contribution in [0, 0.1) is 12.8 Å². The normalized spacial score (nSPS) is 21.9. The van der Waals surface area contributed by atoms with Gasteiger partial charge in [-0.2, -0.15) is 0 Å². The first-order chi connectivity index (χ1) is 9.00. The number of carbonyl (C=O) groups excluding carboxylic acids is 1. The molecule has 1 aromatic carbocycles. The Kier molecular flexibility index (Phi) is 5.88. The maximum atomic E-state index is 12.6. The molecule has 1 aromatic rings. The van der Waals surface area contributed by atoms with Crippen LogP contribution in [0.2, 0.25) is 0 Å². The zero-order valence-electron chi connectivity index (χ0n) is 12.6. The third kappa shape index (κ3) is 3.45. The smallest absolute Gasteiger partial charge is 0.254 e. The van der Waals surface area contributed by atoms with Crippen LogP contribution >= 0.6 is 12.4 Å². The zero-order chi connectivity index (χ0) is 14.0. The lowest BCUT2D eigenvalue weighted by molar-refractivity contribution is 0.0628. The molecule has 0 aliphatic heterocycles. The molecule has 1 amide bonds. The maximum absolute atomic E-state index is 12.6. The van der Waals surface area contributed by atoms with Gasteiger partial charge in [0.15, 0.2) is 0 Å². The van der Waals surface area contributed by atoms with E-state index in [9.17, 15) is 4.79 Å². The van der Waals surface area contributed by atoms with E-state index in [4.69, 9.17) is 5.73 Å². The standard InChI is InChI=1S/C16H24N2O.ClH/c1-11-8-9-13(17)10-14(11)16(19)18(3)15-7-5-4-6-12(15)2;/h8-10,12,15H,4-7,17H2,1-3H3;1H. The van der Waals surface area contributed by atoms with Crippen LogP contribution in [-0.4, -0.2) is 23.9 Å². The molecule has 1 aliphatic carbocycles. The quantitative estimate of drug-likeness (QED) is 0.847. The Hall–Kier alpha value is -1.22. The summed E-state index contributed by atoms with van der Waals surface area (Å²) in [7, 11) is 1.93. The highest BCUT2D eigenvalue weighted by atomic mass is 35.5. The molecule has 2 unspecified atom stereocenters. The fourth-order valence-electron chi connectivity index (χ4n) is 3.08. The second kappa shape index (κ2) is 6.98. The first-order valence-electron chi connectivity index (χ1n) is 7.14. The molecule has 0 saturated heterocycles. The van der Waals surface area contributed by atoms with Crippen LogP contribution in [-0.2, 0) is 0 Å². The van der Waals surface area contributed by atoms with Gasteiger partial charge in [-0.05, 0) is 43.4 Å². The number of carbonyl (C=O) groups is 1. The molecule has 0 bridgehead atoms. The molecule has 2 rings (SSSR count). The van der Waals surface area contributed by atoms with Crippen LogP contribution in [0.3, 0.4) is 0 Å². The molecule has 0 aromatic heterocycles. The van der Waals surface area contributed by atoms with Gasteiger partial charge in [-0.1, -0.05) is 25.8 Å². The first kappa shape index (κ1) is 16.8. The maximum Gasteiger partial charge on any atom is 0.254 e. The Balaban J connectivity index is 0.00000200. The summed E-state index contributed by atoms with van der Waals surface area (Å²) in [6.45, 7) is 4.21. The minimum Gasteiger partial charge on any atom is -0.399 e. The van der Waals surface area contributed by atoms with Crippen molar-refractivity contribution >= 4 is 24.0 Å². The van der Waals surface area contributed by atoms with Gasteiger partial charge in [0.25, 0.3) is 5.91 Å². The fourth-order valence-corrected chi connectivity index (χ4v) is 3.08. The monoisotopic (exact) mass is 296 g/mol. The van der Waals surface area contributed by atoms with Gasteiger partial charge in [0.05, 0.1) is 0 Å². The molecule has 0 radical (unpaired) electrons. The number of hydrogen-bond acceptors (Lipinski definition) is 2. The van der Waals surface area contributed by atoms with Gasteiger partial charge in [-0.15, -0.1) is 12.4 Å². The predicted molar refractivity (Wildman–Crippen MR) is 86.4 cm³/mol. The van der Waals surface area contributed by atoms with Crippen LogP contribution in [0.1, 0.15) is 48.5 Å². The summed E-state index contributed by atoms with van der Waals surface area (Å²) in [4.78, 5) is 14.6. The average Bonchev–Trinajstić information content (AvgIpc) is 2.40. The number of nitrogens with two attached hydrogens (primary N) is 1. The highest BCUT2D eigenvalue weighted by Crippen LogP contribution is 2.28. The Labute approximate surface area is 127 Å². The number of aryl methyl sites for hydroxylation is 1. The molecule has 2 atom stereocenters. The highest BCUT2D eigenvalue weighted by molar-refractivity contribution is 5.96. The molecule has 1 saturated carbocycles. The summed E-state index contributed by atoms with van der Waals surface area (Å²) in [6, 6.07) is 5.92. The molecule has 2 N–H and O–H groups in total. The van der Waals surface area contributed by atoms with E-state index in [0.29, 0.717) is 17.6 Å². The van der Waals surface area contributed by atoms with Crippen LogP contribution in [0.25, 0.3) is 0 Å². The van der Waals surface area contributed by atoms with E-state index in [2.05, 4.69) is 6.92 Å². The average molecular weight is 297 g/mol. The summed E-state index contributed by atoms with van der Waals surface area (Å²) in [5.74, 6) is 0.688. The van der Waals surface area contributed by atoms with Crippen molar-refractivity contribution in [3.63, 3.8) is 0 Å².